The molecule has 4 heteroatoms. The molecular formula is C10H14Cl2O2. The van der Waals surface area contributed by atoms with E-state index in [4.69, 9.17) is 27.9 Å². The molecule has 80 valence electrons. The van der Waals surface area contributed by atoms with Crippen molar-refractivity contribution in [3.8, 4) is 0 Å². The van der Waals surface area contributed by atoms with Crippen molar-refractivity contribution >= 4 is 29.2 Å². The molecule has 1 rings (SSSR count). The van der Waals surface area contributed by atoms with Crippen molar-refractivity contribution in [3.63, 3.8) is 0 Å². The number of hydrogen-bond acceptors (Lipinski definition) is 2. The molecule has 0 aromatic heterocycles. The number of allylic oxidation sites excluding steroid dienone is 1. The number of carbonyl (C=O) groups excluding carboxylic acids is 1. The summed E-state index contributed by atoms with van der Waals surface area (Å²) in [5, 5.41) is 0. The monoisotopic (exact) mass is 236 g/mol. The summed E-state index contributed by atoms with van der Waals surface area (Å²) in [5.74, 6) is 0.122. The first-order valence-electron chi connectivity index (χ1n) is 4.55. The topological polar surface area (TPSA) is 26.3 Å². The predicted octanol–water partition coefficient (Wildman–Crippen LogP) is 2.94. The van der Waals surface area contributed by atoms with Gasteiger partial charge in [0.05, 0.1) is 0 Å². The third kappa shape index (κ3) is 3.89. The number of ether oxygens (including phenoxy) is 1. The highest BCUT2D eigenvalue weighted by atomic mass is 35.5. The Hall–Kier alpha value is -0.210. The van der Waals surface area contributed by atoms with Crippen LogP contribution in [0, 0.1) is 11.3 Å². The summed E-state index contributed by atoms with van der Waals surface area (Å²) in [6.45, 7) is 4.38. The fourth-order valence-electron chi connectivity index (χ4n) is 1.22. The second-order valence-electron chi connectivity index (χ2n) is 4.18. The maximum absolute atomic E-state index is 11.1. The first kappa shape index (κ1) is 11.9. The molecule has 0 heterocycles. The number of esters is 1. The summed E-state index contributed by atoms with van der Waals surface area (Å²) in [4.78, 5) is 10.4. The van der Waals surface area contributed by atoms with Crippen LogP contribution < -0.4 is 0 Å². The van der Waals surface area contributed by atoms with Crippen molar-refractivity contribution in [2.24, 2.45) is 11.3 Å². The van der Waals surface area contributed by atoms with E-state index in [0.29, 0.717) is 11.3 Å². The van der Waals surface area contributed by atoms with Crippen molar-refractivity contribution in [3.05, 3.63) is 12.2 Å². The van der Waals surface area contributed by atoms with Crippen molar-refractivity contribution in [1.82, 2.24) is 0 Å². The Bertz CT molecular complexity index is 247. The molecule has 0 aliphatic heterocycles. The molecule has 2 nitrogen and oxygen atoms in total. The zero-order valence-electron chi connectivity index (χ0n) is 8.30. The van der Waals surface area contributed by atoms with Crippen LogP contribution in [0.4, 0.5) is 0 Å². The van der Waals surface area contributed by atoms with E-state index >= 15 is 0 Å². The third-order valence-electron chi connectivity index (χ3n) is 2.41. The van der Waals surface area contributed by atoms with Gasteiger partial charge in [-0.25, -0.2) is 4.79 Å². The Morgan fingerprint density at radius 2 is 2.21 bits per heavy atom. The average Bonchev–Trinajstić information content (AvgIpc) is 2.67. The van der Waals surface area contributed by atoms with Gasteiger partial charge in [-0.3, -0.25) is 0 Å². The minimum Gasteiger partial charge on any atom is -0.460 e. The van der Waals surface area contributed by atoms with Crippen LogP contribution in [0.25, 0.3) is 0 Å². The first-order chi connectivity index (χ1) is 6.42. The van der Waals surface area contributed by atoms with Crippen LogP contribution in [-0.4, -0.2) is 17.4 Å². The summed E-state index contributed by atoms with van der Waals surface area (Å²) >= 11 is 10.8. The van der Waals surface area contributed by atoms with Crippen molar-refractivity contribution in [2.45, 2.75) is 25.1 Å². The number of rotatable bonds is 4. The molecule has 0 saturated heterocycles. The van der Waals surface area contributed by atoms with E-state index in [9.17, 15) is 4.79 Å². The van der Waals surface area contributed by atoms with Gasteiger partial charge in [-0.05, 0) is 17.8 Å². The van der Waals surface area contributed by atoms with Gasteiger partial charge in [-0.15, -0.1) is 23.2 Å². The molecule has 1 unspecified atom stereocenters. The Labute approximate surface area is 94.2 Å². The lowest BCUT2D eigenvalue weighted by molar-refractivity contribution is -0.137. The predicted molar refractivity (Wildman–Crippen MR) is 57.5 cm³/mol. The number of hydrogen-bond donors (Lipinski definition) is 0. The molecule has 0 radical (unpaired) electrons. The third-order valence-corrected chi connectivity index (χ3v) is 2.66. The molecule has 1 aliphatic carbocycles. The zero-order chi connectivity index (χ0) is 10.8. The fraction of sp³-hybridized carbons (Fsp3) is 0.700. The molecule has 0 aromatic carbocycles. The van der Waals surface area contributed by atoms with Gasteiger partial charge in [0.25, 0.3) is 0 Å². The van der Waals surface area contributed by atoms with Crippen molar-refractivity contribution in [1.29, 1.82) is 0 Å². The smallest absolute Gasteiger partial charge is 0.330 e. The Kier molecular flexibility index (Phi) is 3.85. The Balaban J connectivity index is 2.21. The van der Waals surface area contributed by atoms with Gasteiger partial charge in [-0.2, -0.15) is 0 Å². The van der Waals surface area contributed by atoms with Crippen LogP contribution in [0.15, 0.2) is 12.2 Å². The quantitative estimate of drug-likeness (QED) is 0.427. The Morgan fingerprint density at radius 1 is 1.64 bits per heavy atom. The van der Waals surface area contributed by atoms with Crippen LogP contribution in [-0.2, 0) is 9.53 Å². The maximum atomic E-state index is 11.1. The van der Waals surface area contributed by atoms with Gasteiger partial charge in [0.1, 0.15) is 11.4 Å². The van der Waals surface area contributed by atoms with Crippen LogP contribution in [0.5, 0.6) is 0 Å². The molecule has 14 heavy (non-hydrogen) atoms. The largest absolute Gasteiger partial charge is 0.460 e. The van der Waals surface area contributed by atoms with E-state index in [1.807, 2.05) is 6.08 Å². The Morgan fingerprint density at radius 3 is 2.64 bits per heavy atom. The minimum atomic E-state index is -0.648. The molecule has 0 aromatic rings. The molecule has 1 atom stereocenters. The lowest BCUT2D eigenvalue weighted by atomic mass is 10.1. The van der Waals surface area contributed by atoms with Gasteiger partial charge in [0, 0.05) is 6.08 Å². The van der Waals surface area contributed by atoms with Gasteiger partial charge < -0.3 is 4.74 Å². The molecule has 0 spiro atoms. The number of alkyl halides is 2. The van der Waals surface area contributed by atoms with Gasteiger partial charge >= 0.3 is 5.97 Å². The average molecular weight is 237 g/mol. The standard InChI is InChI=1S/C10H14Cl2O2/c1-10(2)5-7(10)3-4-9(13)14-6-8(11)12/h3-4,7-8H,5-6H2,1-2H3. The molecule has 1 saturated carbocycles. The van der Waals surface area contributed by atoms with Crippen molar-refractivity contribution in [2.75, 3.05) is 6.61 Å². The van der Waals surface area contributed by atoms with E-state index in [0.717, 1.165) is 6.42 Å². The van der Waals surface area contributed by atoms with Crippen LogP contribution in [0.1, 0.15) is 20.3 Å². The first-order valence-corrected chi connectivity index (χ1v) is 5.42. The molecular weight excluding hydrogens is 223 g/mol. The zero-order valence-corrected chi connectivity index (χ0v) is 9.81. The summed E-state index contributed by atoms with van der Waals surface area (Å²) in [5.41, 5.74) is 0.346. The SMILES string of the molecule is CC1(C)CC1C=CC(=O)OCC(Cl)Cl. The van der Waals surface area contributed by atoms with E-state index in [-0.39, 0.29) is 12.6 Å². The summed E-state index contributed by atoms with van der Waals surface area (Å²) < 4.78 is 4.76. The highest BCUT2D eigenvalue weighted by molar-refractivity contribution is 6.44. The number of carbonyl (C=O) groups is 1. The molecule has 1 aliphatic rings. The summed E-state index contributed by atoms with van der Waals surface area (Å²) in [6, 6.07) is 0. The van der Waals surface area contributed by atoms with Crippen molar-refractivity contribution < 1.29 is 9.53 Å². The van der Waals surface area contributed by atoms with Gasteiger partial charge in [0.15, 0.2) is 0 Å². The van der Waals surface area contributed by atoms with Gasteiger partial charge in [-0.1, -0.05) is 19.9 Å². The lowest BCUT2D eigenvalue weighted by Gasteiger charge is -2.01. The summed E-state index contributed by atoms with van der Waals surface area (Å²) in [6.07, 6.45) is 4.47. The molecule has 0 amide bonds. The molecule has 1 fully saturated rings. The van der Waals surface area contributed by atoms with E-state index < -0.39 is 4.84 Å². The highest BCUT2D eigenvalue weighted by Gasteiger charge is 2.43. The second-order valence-corrected chi connectivity index (χ2v) is 5.46. The normalized spacial score (nSPS) is 24.2. The van der Waals surface area contributed by atoms with Crippen LogP contribution in [0.2, 0.25) is 0 Å². The van der Waals surface area contributed by atoms with Crippen LogP contribution in [0.3, 0.4) is 0 Å². The van der Waals surface area contributed by atoms with E-state index in [2.05, 4.69) is 13.8 Å². The fourth-order valence-corrected chi connectivity index (χ4v) is 1.35. The second kappa shape index (κ2) is 4.54. The summed E-state index contributed by atoms with van der Waals surface area (Å²) in [7, 11) is 0. The molecule has 0 bridgehead atoms. The van der Waals surface area contributed by atoms with E-state index in [1.54, 1.807) is 0 Å². The van der Waals surface area contributed by atoms with Gasteiger partial charge in [0.2, 0.25) is 0 Å². The van der Waals surface area contributed by atoms with Crippen LogP contribution >= 0.6 is 23.2 Å². The minimum absolute atomic E-state index is 0.0420. The number of halogens is 2. The lowest BCUT2D eigenvalue weighted by Crippen LogP contribution is -2.07. The maximum Gasteiger partial charge on any atom is 0.330 e. The van der Waals surface area contributed by atoms with E-state index in [1.165, 1.54) is 6.08 Å². The highest BCUT2D eigenvalue weighted by Crippen LogP contribution is 2.52. The molecule has 0 N–H and O–H groups in total.